The van der Waals surface area contributed by atoms with Crippen molar-refractivity contribution in [1.29, 1.82) is 0 Å². The van der Waals surface area contributed by atoms with Gasteiger partial charge in [-0.05, 0) is 37.8 Å². The number of carbonyl (C=O) groups excluding carboxylic acids is 1. The van der Waals surface area contributed by atoms with E-state index in [1.54, 1.807) is 23.7 Å². The van der Waals surface area contributed by atoms with Gasteiger partial charge < -0.3 is 16.4 Å². The first-order valence-electron chi connectivity index (χ1n) is 10.0. The van der Waals surface area contributed by atoms with Gasteiger partial charge in [-0.2, -0.15) is 0 Å². The Morgan fingerprint density at radius 2 is 2.13 bits per heavy atom. The summed E-state index contributed by atoms with van der Waals surface area (Å²) in [5.41, 5.74) is 7.25. The highest BCUT2D eigenvalue weighted by Crippen LogP contribution is 2.28. The molecule has 1 aliphatic carbocycles. The lowest BCUT2D eigenvalue weighted by atomic mass is 9.94. The van der Waals surface area contributed by atoms with Gasteiger partial charge in [0.25, 0.3) is 5.56 Å². The van der Waals surface area contributed by atoms with Gasteiger partial charge in [0.05, 0.1) is 12.7 Å². The summed E-state index contributed by atoms with van der Waals surface area (Å²) in [6.07, 6.45) is 9.71. The molecular formula is C21H22N6O2S. The van der Waals surface area contributed by atoms with Crippen molar-refractivity contribution in [3.63, 3.8) is 0 Å². The van der Waals surface area contributed by atoms with Crippen LogP contribution >= 0.6 is 11.3 Å². The third-order valence-electron chi connectivity index (χ3n) is 5.66. The number of nitrogens with two attached hydrogens (primary N) is 1. The third kappa shape index (κ3) is 3.45. The van der Waals surface area contributed by atoms with Crippen LogP contribution in [0.25, 0.3) is 10.1 Å². The van der Waals surface area contributed by atoms with Crippen LogP contribution in [0.3, 0.4) is 0 Å². The summed E-state index contributed by atoms with van der Waals surface area (Å²) in [6.45, 7) is 0.399. The smallest absolute Gasteiger partial charge is 0.277 e. The van der Waals surface area contributed by atoms with Crippen LogP contribution in [0.15, 0.2) is 41.1 Å². The molecule has 4 N–H and O–H groups in total. The molecule has 9 heteroatoms. The lowest BCUT2D eigenvalue weighted by Gasteiger charge is -2.17. The number of aromatic nitrogens is 3. The average Bonchev–Trinajstić information content (AvgIpc) is 3.30. The van der Waals surface area contributed by atoms with Crippen molar-refractivity contribution in [1.82, 2.24) is 19.9 Å². The number of nitrogens with zero attached hydrogens (tertiary/aromatic N) is 3. The molecule has 154 valence electrons. The van der Waals surface area contributed by atoms with Crippen LogP contribution in [0.2, 0.25) is 0 Å². The second-order valence-electron chi connectivity index (χ2n) is 7.70. The highest BCUT2D eigenvalue weighted by Gasteiger charge is 2.31. The Kier molecular flexibility index (Phi) is 4.74. The Morgan fingerprint density at radius 3 is 2.93 bits per heavy atom. The molecule has 2 aliphatic rings. The van der Waals surface area contributed by atoms with Crippen molar-refractivity contribution in [3.8, 4) is 0 Å². The van der Waals surface area contributed by atoms with E-state index in [-0.39, 0.29) is 11.5 Å². The molecule has 5 rings (SSSR count). The number of anilines is 2. The maximum absolute atomic E-state index is 13.0. The monoisotopic (exact) mass is 422 g/mol. The fourth-order valence-corrected chi connectivity index (χ4v) is 4.86. The van der Waals surface area contributed by atoms with Crippen LogP contribution in [0.1, 0.15) is 42.4 Å². The standard InChI is InChI=1S/C21H22N6O2S/c22-18-7-17-13(9-24-18)6-14(30-17)10-26-20(28)16-4-5-19-25-11-15(21(29)27(16)19)23-8-12-2-1-3-12/h6-9,11,16,23H,1-5,10H2,(H2,22,24)(H,26,28). The van der Waals surface area contributed by atoms with E-state index in [2.05, 4.69) is 20.6 Å². The molecule has 1 fully saturated rings. The minimum absolute atomic E-state index is 0.165. The molecule has 1 atom stereocenters. The van der Waals surface area contributed by atoms with E-state index in [9.17, 15) is 9.59 Å². The Balaban J connectivity index is 1.31. The summed E-state index contributed by atoms with van der Waals surface area (Å²) >= 11 is 1.57. The lowest BCUT2D eigenvalue weighted by molar-refractivity contribution is -0.124. The SMILES string of the molecule is Nc1cc2sc(CNC(=O)C3CCc4ncc(NC=C5CCC5)c(=O)n43)cc2cn1. The van der Waals surface area contributed by atoms with Crippen molar-refractivity contribution >= 4 is 38.8 Å². The maximum atomic E-state index is 13.0. The van der Waals surface area contributed by atoms with Crippen molar-refractivity contribution in [3.05, 3.63) is 57.4 Å². The van der Waals surface area contributed by atoms with Crippen LogP contribution in [0.4, 0.5) is 11.5 Å². The molecule has 4 heterocycles. The Labute approximate surface area is 176 Å². The minimum atomic E-state index is -0.537. The average molecular weight is 423 g/mol. The molecule has 3 aromatic heterocycles. The number of aryl methyl sites for hydroxylation is 1. The van der Waals surface area contributed by atoms with Crippen molar-refractivity contribution < 1.29 is 4.79 Å². The van der Waals surface area contributed by atoms with Gasteiger partial charge in [0.1, 0.15) is 23.4 Å². The summed E-state index contributed by atoms with van der Waals surface area (Å²) in [5.74, 6) is 0.972. The molecule has 8 nitrogen and oxygen atoms in total. The number of fused-ring (bicyclic) bond motifs is 2. The van der Waals surface area contributed by atoms with Crippen molar-refractivity contribution in [2.45, 2.75) is 44.7 Å². The largest absolute Gasteiger partial charge is 0.384 e. The molecule has 3 aromatic rings. The number of pyridine rings is 1. The molecular weight excluding hydrogens is 400 g/mol. The second-order valence-corrected chi connectivity index (χ2v) is 8.86. The van der Waals surface area contributed by atoms with Crippen molar-refractivity contribution in [2.75, 3.05) is 11.1 Å². The Morgan fingerprint density at radius 1 is 1.27 bits per heavy atom. The van der Waals surface area contributed by atoms with Crippen molar-refractivity contribution in [2.24, 2.45) is 0 Å². The molecule has 0 radical (unpaired) electrons. The molecule has 0 spiro atoms. The molecule has 0 aromatic carbocycles. The molecule has 0 bridgehead atoms. The zero-order valence-corrected chi connectivity index (χ0v) is 17.2. The van der Waals surface area contributed by atoms with Gasteiger partial charge >= 0.3 is 0 Å². The van der Waals surface area contributed by atoms with E-state index in [1.807, 2.05) is 18.3 Å². The van der Waals surface area contributed by atoms with Crippen LogP contribution in [-0.2, 0) is 17.8 Å². The van der Waals surface area contributed by atoms with Gasteiger partial charge in [-0.15, -0.1) is 11.3 Å². The van der Waals surface area contributed by atoms with E-state index in [0.29, 0.717) is 36.7 Å². The summed E-state index contributed by atoms with van der Waals surface area (Å²) in [6, 6.07) is 3.29. The molecule has 1 unspecified atom stereocenters. The summed E-state index contributed by atoms with van der Waals surface area (Å²) in [5, 5.41) is 7.05. The quantitative estimate of drug-likeness (QED) is 0.582. The van der Waals surface area contributed by atoms with Gasteiger partial charge in [-0.3, -0.25) is 14.2 Å². The number of amides is 1. The fourth-order valence-electron chi connectivity index (χ4n) is 3.84. The Bertz CT molecular complexity index is 1220. The minimum Gasteiger partial charge on any atom is -0.384 e. The number of carbonyl (C=O) groups is 1. The first-order chi connectivity index (χ1) is 14.6. The lowest BCUT2D eigenvalue weighted by Crippen LogP contribution is -2.36. The van der Waals surface area contributed by atoms with Gasteiger partial charge in [-0.1, -0.05) is 5.57 Å². The second kappa shape index (κ2) is 7.56. The Hall–Kier alpha value is -3.20. The van der Waals surface area contributed by atoms with E-state index < -0.39 is 6.04 Å². The third-order valence-corrected chi connectivity index (χ3v) is 6.76. The number of rotatable bonds is 5. The first kappa shape index (κ1) is 18.8. The highest BCUT2D eigenvalue weighted by molar-refractivity contribution is 7.19. The van der Waals surface area contributed by atoms with Gasteiger partial charge in [0.15, 0.2) is 0 Å². The van der Waals surface area contributed by atoms with Crippen LogP contribution in [0.5, 0.6) is 0 Å². The van der Waals surface area contributed by atoms with Gasteiger partial charge in [-0.25, -0.2) is 9.97 Å². The number of nitrogens with one attached hydrogen (secondary N) is 2. The number of nitrogen functional groups attached to an aromatic ring is 1. The summed E-state index contributed by atoms with van der Waals surface area (Å²) in [7, 11) is 0. The van der Waals surface area contributed by atoms with Crippen LogP contribution < -0.4 is 21.9 Å². The van der Waals surface area contributed by atoms with Crippen LogP contribution in [-0.4, -0.2) is 20.4 Å². The molecule has 1 amide bonds. The topological polar surface area (TPSA) is 115 Å². The van der Waals surface area contributed by atoms with E-state index >= 15 is 0 Å². The molecule has 30 heavy (non-hydrogen) atoms. The normalized spacial score (nSPS) is 17.5. The number of hydrogen-bond donors (Lipinski definition) is 3. The predicted octanol–water partition coefficient (Wildman–Crippen LogP) is 2.72. The first-order valence-corrected chi connectivity index (χ1v) is 10.9. The van der Waals surface area contributed by atoms with E-state index in [4.69, 9.17) is 5.73 Å². The molecule has 0 saturated heterocycles. The highest BCUT2D eigenvalue weighted by atomic mass is 32.1. The summed E-state index contributed by atoms with van der Waals surface area (Å²) < 4.78 is 2.57. The van der Waals surface area contributed by atoms with Gasteiger partial charge in [0, 0.05) is 33.8 Å². The molecule has 1 aliphatic heterocycles. The fraction of sp³-hybridized carbons (Fsp3) is 0.333. The van der Waals surface area contributed by atoms with Crippen LogP contribution in [0, 0.1) is 0 Å². The van der Waals surface area contributed by atoms with E-state index in [1.165, 1.54) is 16.6 Å². The molecule has 1 saturated carbocycles. The van der Waals surface area contributed by atoms with E-state index in [0.717, 1.165) is 27.8 Å². The zero-order chi connectivity index (χ0) is 20.7. The summed E-state index contributed by atoms with van der Waals surface area (Å²) in [4.78, 5) is 35.3. The number of allylic oxidation sites excluding steroid dienone is 1. The number of thiophene rings is 1. The number of hydrogen-bond acceptors (Lipinski definition) is 7. The maximum Gasteiger partial charge on any atom is 0.277 e. The zero-order valence-electron chi connectivity index (χ0n) is 16.4. The predicted molar refractivity (Wildman–Crippen MR) is 117 cm³/mol. The van der Waals surface area contributed by atoms with Gasteiger partial charge in [0.2, 0.25) is 5.91 Å².